The number of aryl methyl sites for hydroxylation is 1. The Morgan fingerprint density at radius 3 is 2.67 bits per heavy atom. The molecule has 9 heteroatoms. The van der Waals surface area contributed by atoms with Crippen LogP contribution >= 0.6 is 0 Å². The number of anilines is 1. The lowest BCUT2D eigenvalue weighted by atomic mass is 10.2. The zero-order chi connectivity index (χ0) is 17.2. The first-order valence-electron chi connectivity index (χ1n) is 7.01. The summed E-state index contributed by atoms with van der Waals surface area (Å²) in [4.78, 5) is 11.6. The highest BCUT2D eigenvalue weighted by molar-refractivity contribution is 5.56. The minimum absolute atomic E-state index is 0.0403. The Morgan fingerprint density at radius 1 is 1.21 bits per heavy atom. The highest BCUT2D eigenvalue weighted by Crippen LogP contribution is 2.30. The van der Waals surface area contributed by atoms with Gasteiger partial charge in [0.15, 0.2) is 11.5 Å². The molecule has 3 rings (SSSR count). The number of nitrogens with one attached hydrogen (secondary N) is 1. The van der Waals surface area contributed by atoms with Crippen molar-refractivity contribution < 1.29 is 13.2 Å². The lowest BCUT2D eigenvalue weighted by molar-refractivity contribution is -0.141. The number of rotatable bonds is 4. The molecule has 0 spiro atoms. The number of alkyl halides is 3. The Kier molecular flexibility index (Phi) is 4.15. The fourth-order valence-corrected chi connectivity index (χ4v) is 2.05. The van der Waals surface area contributed by atoms with E-state index in [2.05, 4.69) is 25.4 Å². The van der Waals surface area contributed by atoms with E-state index < -0.39 is 11.9 Å². The third kappa shape index (κ3) is 3.67. The normalized spacial score (nSPS) is 11.5. The van der Waals surface area contributed by atoms with Crippen LogP contribution in [0.3, 0.4) is 0 Å². The fourth-order valence-electron chi connectivity index (χ4n) is 2.05. The average Bonchev–Trinajstić information content (AvgIpc) is 2.98. The van der Waals surface area contributed by atoms with Crippen LogP contribution in [-0.2, 0) is 19.8 Å². The van der Waals surface area contributed by atoms with E-state index in [4.69, 9.17) is 0 Å². The predicted molar refractivity (Wildman–Crippen MR) is 80.8 cm³/mol. The molecule has 24 heavy (non-hydrogen) atoms. The molecule has 0 bridgehead atoms. The van der Waals surface area contributed by atoms with Crippen LogP contribution in [0.15, 0.2) is 42.9 Å². The molecule has 0 radical (unpaired) electrons. The molecular formula is C15H13F3N6. The maximum absolute atomic E-state index is 13.1. The highest BCUT2D eigenvalue weighted by Gasteiger charge is 2.33. The third-order valence-electron chi connectivity index (χ3n) is 3.16. The number of pyridine rings is 1. The molecular weight excluding hydrogens is 321 g/mol. The Hall–Kier alpha value is -2.97. The summed E-state index contributed by atoms with van der Waals surface area (Å²) in [5.41, 5.74) is 0.0805. The summed E-state index contributed by atoms with van der Waals surface area (Å²) in [6, 6.07) is 5.86. The quantitative estimate of drug-likeness (QED) is 0.794. The van der Waals surface area contributed by atoms with Gasteiger partial charge in [-0.05, 0) is 18.2 Å². The summed E-state index contributed by atoms with van der Waals surface area (Å²) in [7, 11) is 1.76. The van der Waals surface area contributed by atoms with Gasteiger partial charge in [-0.2, -0.15) is 18.3 Å². The topological polar surface area (TPSA) is 68.5 Å². The molecule has 0 aliphatic heterocycles. The van der Waals surface area contributed by atoms with Crippen molar-refractivity contribution in [1.29, 1.82) is 0 Å². The van der Waals surface area contributed by atoms with E-state index in [1.54, 1.807) is 36.1 Å². The van der Waals surface area contributed by atoms with Crippen LogP contribution in [0, 0.1) is 0 Å². The van der Waals surface area contributed by atoms with Gasteiger partial charge in [0.2, 0.25) is 0 Å². The van der Waals surface area contributed by atoms with Gasteiger partial charge in [0.1, 0.15) is 5.82 Å². The smallest absolute Gasteiger partial charge is 0.364 e. The number of aromatic nitrogens is 5. The minimum Gasteiger partial charge on any atom is -0.364 e. The van der Waals surface area contributed by atoms with E-state index in [-0.39, 0.29) is 18.2 Å². The van der Waals surface area contributed by atoms with Gasteiger partial charge in [-0.3, -0.25) is 9.67 Å². The van der Waals surface area contributed by atoms with E-state index in [1.165, 1.54) is 12.4 Å². The second-order valence-corrected chi connectivity index (χ2v) is 5.04. The van der Waals surface area contributed by atoms with Crippen molar-refractivity contribution in [1.82, 2.24) is 24.7 Å². The van der Waals surface area contributed by atoms with E-state index in [0.29, 0.717) is 11.3 Å². The SMILES string of the molecule is Cn1ccc(CNc2cc(C(F)(F)F)nc(-c3cccnc3)n2)n1. The van der Waals surface area contributed by atoms with Gasteiger partial charge in [0.05, 0.1) is 12.2 Å². The molecule has 3 heterocycles. The monoisotopic (exact) mass is 334 g/mol. The van der Waals surface area contributed by atoms with Gasteiger partial charge >= 0.3 is 6.18 Å². The van der Waals surface area contributed by atoms with Crippen LogP contribution < -0.4 is 5.32 Å². The van der Waals surface area contributed by atoms with Crippen LogP contribution in [0.4, 0.5) is 19.0 Å². The first-order valence-corrected chi connectivity index (χ1v) is 7.01. The zero-order valence-corrected chi connectivity index (χ0v) is 12.6. The average molecular weight is 334 g/mol. The van der Waals surface area contributed by atoms with Crippen molar-refractivity contribution in [3.05, 3.63) is 54.2 Å². The van der Waals surface area contributed by atoms with E-state index >= 15 is 0 Å². The zero-order valence-electron chi connectivity index (χ0n) is 12.6. The summed E-state index contributed by atoms with van der Waals surface area (Å²) >= 11 is 0. The molecule has 0 atom stereocenters. The molecule has 0 aliphatic rings. The van der Waals surface area contributed by atoms with Gasteiger partial charge in [0.25, 0.3) is 0 Å². The molecule has 0 amide bonds. The maximum atomic E-state index is 13.1. The summed E-state index contributed by atoms with van der Waals surface area (Å²) < 4.78 is 40.9. The molecule has 3 aromatic rings. The molecule has 0 aliphatic carbocycles. The summed E-state index contributed by atoms with van der Waals surface area (Å²) in [5.74, 6) is 0.0308. The van der Waals surface area contributed by atoms with Gasteiger partial charge in [-0.25, -0.2) is 9.97 Å². The molecule has 0 saturated heterocycles. The van der Waals surface area contributed by atoms with Gasteiger partial charge in [-0.15, -0.1) is 0 Å². The van der Waals surface area contributed by atoms with E-state index in [9.17, 15) is 13.2 Å². The Morgan fingerprint density at radius 2 is 2.04 bits per heavy atom. The summed E-state index contributed by atoms with van der Waals surface area (Å²) in [5, 5.41) is 7.01. The van der Waals surface area contributed by atoms with Crippen LogP contribution in [-0.4, -0.2) is 24.7 Å². The largest absolute Gasteiger partial charge is 0.433 e. The van der Waals surface area contributed by atoms with Crippen LogP contribution in [0.25, 0.3) is 11.4 Å². The Bertz CT molecular complexity index is 829. The van der Waals surface area contributed by atoms with Crippen molar-refractivity contribution >= 4 is 5.82 Å². The Balaban J connectivity index is 1.92. The third-order valence-corrected chi connectivity index (χ3v) is 3.16. The summed E-state index contributed by atoms with van der Waals surface area (Å²) in [6.07, 6.45) is 0.121. The standard InChI is InChI=1S/C15H13F3N6/c1-24-6-4-11(23-24)9-20-13-7-12(15(16,17)18)21-14(22-13)10-3-2-5-19-8-10/h2-8H,9H2,1H3,(H,20,21,22). The van der Waals surface area contributed by atoms with Crippen molar-refractivity contribution in [2.24, 2.45) is 7.05 Å². The first-order chi connectivity index (χ1) is 11.4. The van der Waals surface area contributed by atoms with Crippen LogP contribution in [0.2, 0.25) is 0 Å². The fraction of sp³-hybridized carbons (Fsp3) is 0.200. The van der Waals surface area contributed by atoms with E-state index in [0.717, 1.165) is 6.07 Å². The number of hydrogen-bond acceptors (Lipinski definition) is 5. The highest BCUT2D eigenvalue weighted by atomic mass is 19.4. The van der Waals surface area contributed by atoms with Crippen LogP contribution in [0.1, 0.15) is 11.4 Å². The van der Waals surface area contributed by atoms with Gasteiger partial charge in [0, 0.05) is 37.3 Å². The number of hydrogen-bond donors (Lipinski definition) is 1. The number of nitrogens with zero attached hydrogens (tertiary/aromatic N) is 5. The molecule has 3 aromatic heterocycles. The molecule has 0 fully saturated rings. The van der Waals surface area contributed by atoms with Gasteiger partial charge < -0.3 is 5.32 Å². The van der Waals surface area contributed by atoms with Crippen molar-refractivity contribution in [3.63, 3.8) is 0 Å². The molecule has 1 N–H and O–H groups in total. The predicted octanol–water partition coefficient (Wildman–Crippen LogP) is 2.90. The second-order valence-electron chi connectivity index (χ2n) is 5.04. The molecule has 124 valence electrons. The summed E-state index contributed by atoms with van der Waals surface area (Å²) in [6.45, 7) is 0.252. The van der Waals surface area contributed by atoms with E-state index in [1.807, 2.05) is 0 Å². The first kappa shape index (κ1) is 15.9. The molecule has 6 nitrogen and oxygen atoms in total. The minimum atomic E-state index is -4.57. The maximum Gasteiger partial charge on any atom is 0.433 e. The molecule has 0 saturated carbocycles. The lowest BCUT2D eigenvalue weighted by Gasteiger charge is -2.11. The molecule has 0 aromatic carbocycles. The van der Waals surface area contributed by atoms with Crippen molar-refractivity contribution in [2.75, 3.05) is 5.32 Å². The van der Waals surface area contributed by atoms with Crippen molar-refractivity contribution in [2.45, 2.75) is 12.7 Å². The van der Waals surface area contributed by atoms with Crippen LogP contribution in [0.5, 0.6) is 0 Å². The van der Waals surface area contributed by atoms with Gasteiger partial charge in [-0.1, -0.05) is 0 Å². The van der Waals surface area contributed by atoms with Crippen molar-refractivity contribution in [3.8, 4) is 11.4 Å². The second kappa shape index (κ2) is 6.26. The number of halogens is 3. The Labute approximate surface area is 135 Å². The molecule has 0 unspecified atom stereocenters. The lowest BCUT2D eigenvalue weighted by Crippen LogP contribution is -2.12.